The molecular formula is C21H24F3N5S. The molecule has 0 saturated heterocycles. The number of nitrogens with zero attached hydrogens (tertiary/aromatic N) is 5. The second kappa shape index (κ2) is 7.99. The lowest BCUT2D eigenvalue weighted by molar-refractivity contribution is -0.106. The molecule has 9 heteroatoms. The Morgan fingerprint density at radius 2 is 2.07 bits per heavy atom. The van der Waals surface area contributed by atoms with E-state index in [0.29, 0.717) is 17.2 Å². The summed E-state index contributed by atoms with van der Waals surface area (Å²) in [4.78, 5) is 11.0. The van der Waals surface area contributed by atoms with Crippen molar-refractivity contribution < 1.29 is 13.2 Å². The molecule has 0 N–H and O–H groups in total. The van der Waals surface area contributed by atoms with Gasteiger partial charge in [-0.2, -0.15) is 18.4 Å². The molecule has 0 bridgehead atoms. The highest BCUT2D eigenvalue weighted by molar-refractivity contribution is 7.99. The Morgan fingerprint density at radius 1 is 1.40 bits per heavy atom. The van der Waals surface area contributed by atoms with Crippen molar-refractivity contribution in [2.75, 3.05) is 19.8 Å². The predicted octanol–water partition coefficient (Wildman–Crippen LogP) is 4.92. The van der Waals surface area contributed by atoms with E-state index in [1.54, 1.807) is 36.5 Å². The summed E-state index contributed by atoms with van der Waals surface area (Å²) < 4.78 is 41.9. The third-order valence-corrected chi connectivity index (χ3v) is 6.26. The van der Waals surface area contributed by atoms with Gasteiger partial charge in [0.15, 0.2) is 5.82 Å². The van der Waals surface area contributed by atoms with E-state index in [2.05, 4.69) is 16.0 Å². The van der Waals surface area contributed by atoms with Crippen LogP contribution in [0.2, 0.25) is 0 Å². The van der Waals surface area contributed by atoms with Gasteiger partial charge in [-0.3, -0.25) is 4.98 Å². The summed E-state index contributed by atoms with van der Waals surface area (Å²) in [7, 11) is 4.49. The van der Waals surface area contributed by atoms with Crippen molar-refractivity contribution >= 4 is 17.8 Å². The molecule has 0 radical (unpaired) electrons. The van der Waals surface area contributed by atoms with Crippen LogP contribution in [0.3, 0.4) is 0 Å². The molecule has 2 heterocycles. The number of aromatic nitrogens is 3. The van der Waals surface area contributed by atoms with Crippen LogP contribution >= 0.6 is 11.8 Å². The summed E-state index contributed by atoms with van der Waals surface area (Å²) in [6, 6.07) is 4.36. The second-order valence-corrected chi connectivity index (χ2v) is 8.89. The van der Waals surface area contributed by atoms with Crippen LogP contribution in [-0.4, -0.2) is 45.5 Å². The van der Waals surface area contributed by atoms with Crippen LogP contribution in [0.5, 0.6) is 0 Å². The molecule has 30 heavy (non-hydrogen) atoms. The summed E-state index contributed by atoms with van der Waals surface area (Å²) in [5.41, 5.74) is 1.15. The third kappa shape index (κ3) is 4.06. The molecule has 0 unspecified atom stereocenters. The first-order chi connectivity index (χ1) is 14.0. The lowest BCUT2D eigenvalue weighted by Gasteiger charge is -2.19. The zero-order valence-corrected chi connectivity index (χ0v) is 18.4. The van der Waals surface area contributed by atoms with Crippen molar-refractivity contribution in [3.05, 3.63) is 34.9 Å². The molecule has 2 aromatic rings. The maximum Gasteiger partial charge on any atom is 0.431 e. The van der Waals surface area contributed by atoms with E-state index < -0.39 is 17.3 Å². The fourth-order valence-corrected chi connectivity index (χ4v) is 4.07. The first kappa shape index (κ1) is 22.2. The quantitative estimate of drug-likeness (QED) is 0.603. The van der Waals surface area contributed by atoms with Crippen molar-refractivity contribution in [2.45, 2.75) is 43.2 Å². The summed E-state index contributed by atoms with van der Waals surface area (Å²) in [6.07, 6.45) is -0.0724. The van der Waals surface area contributed by atoms with Gasteiger partial charge in [0.1, 0.15) is 11.4 Å². The summed E-state index contributed by atoms with van der Waals surface area (Å²) >= 11 is 1.58. The van der Waals surface area contributed by atoms with Crippen molar-refractivity contribution in [1.82, 2.24) is 19.4 Å². The monoisotopic (exact) mass is 435 g/mol. The van der Waals surface area contributed by atoms with Gasteiger partial charge in [0.2, 0.25) is 0 Å². The van der Waals surface area contributed by atoms with Gasteiger partial charge in [0.25, 0.3) is 0 Å². The normalized spacial score (nSPS) is 15.8. The van der Waals surface area contributed by atoms with Gasteiger partial charge < -0.3 is 9.47 Å². The number of hydrogen-bond acceptors (Lipinski definition) is 5. The molecule has 5 nitrogen and oxygen atoms in total. The highest BCUT2D eigenvalue weighted by Gasteiger charge is 2.45. The van der Waals surface area contributed by atoms with Gasteiger partial charge in [-0.1, -0.05) is 6.92 Å². The van der Waals surface area contributed by atoms with Crippen molar-refractivity contribution in [2.24, 2.45) is 7.05 Å². The van der Waals surface area contributed by atoms with Crippen LogP contribution in [0.15, 0.2) is 22.9 Å². The first-order valence-electron chi connectivity index (χ1n) is 9.58. The van der Waals surface area contributed by atoms with Crippen LogP contribution in [0, 0.1) is 18.3 Å². The summed E-state index contributed by atoms with van der Waals surface area (Å²) in [5.74, 6) is 1.30. The van der Waals surface area contributed by atoms with Gasteiger partial charge in [-0.25, -0.2) is 4.98 Å². The Labute approximate surface area is 178 Å². The van der Waals surface area contributed by atoms with Crippen LogP contribution in [-0.2, 0) is 12.5 Å². The van der Waals surface area contributed by atoms with E-state index in [1.165, 1.54) is 14.1 Å². The van der Waals surface area contributed by atoms with E-state index in [-0.39, 0.29) is 5.69 Å². The molecule has 0 atom stereocenters. The number of halogens is 3. The Hall–Kier alpha value is -2.47. The lowest BCUT2D eigenvalue weighted by Crippen LogP contribution is -2.25. The number of pyridine rings is 1. The molecule has 160 valence electrons. The summed E-state index contributed by atoms with van der Waals surface area (Å²) in [5, 5.41) is 9.49. The fourth-order valence-electron chi connectivity index (χ4n) is 3.27. The zero-order valence-electron chi connectivity index (χ0n) is 17.6. The summed E-state index contributed by atoms with van der Waals surface area (Å²) in [6.45, 7) is 3.75. The standard InChI is InChI=1S/C21H24F3N5S/c1-6-30-16-9-14(20(12-25)7-8-20)11-26-18(16)19-27-15(13(2)29(19)5)10-17(28(3)4)21(22,23)24/h9-11H,6-8H2,1-5H3/b17-10-. The largest absolute Gasteiger partial charge is 0.431 e. The average Bonchev–Trinajstić information content (AvgIpc) is 3.42. The van der Waals surface area contributed by atoms with Crippen LogP contribution < -0.4 is 0 Å². The van der Waals surface area contributed by atoms with Crippen LogP contribution in [0.1, 0.15) is 36.7 Å². The molecule has 1 aliphatic carbocycles. The molecule has 0 aliphatic heterocycles. The first-order valence-corrected chi connectivity index (χ1v) is 10.6. The number of thioether (sulfide) groups is 1. The van der Waals surface area contributed by atoms with E-state index in [1.807, 2.05) is 13.0 Å². The molecule has 3 rings (SSSR count). The smallest absolute Gasteiger partial charge is 0.374 e. The molecule has 1 aliphatic rings. The van der Waals surface area contributed by atoms with E-state index in [0.717, 1.165) is 40.0 Å². The van der Waals surface area contributed by atoms with Gasteiger partial charge in [-0.05, 0) is 43.2 Å². The van der Waals surface area contributed by atoms with Crippen molar-refractivity contribution in [3.63, 3.8) is 0 Å². The minimum Gasteiger partial charge on any atom is -0.374 e. The lowest BCUT2D eigenvalue weighted by atomic mass is 9.99. The van der Waals surface area contributed by atoms with E-state index in [9.17, 15) is 18.4 Å². The van der Waals surface area contributed by atoms with Crippen molar-refractivity contribution in [1.29, 1.82) is 5.26 Å². The number of rotatable bonds is 6. The Morgan fingerprint density at radius 3 is 2.57 bits per heavy atom. The zero-order chi connectivity index (χ0) is 22.3. The highest BCUT2D eigenvalue weighted by atomic mass is 32.2. The second-order valence-electron chi connectivity index (χ2n) is 7.58. The number of nitriles is 1. The molecule has 2 aromatic heterocycles. The van der Waals surface area contributed by atoms with E-state index in [4.69, 9.17) is 0 Å². The minimum absolute atomic E-state index is 0.252. The number of hydrogen-bond donors (Lipinski definition) is 0. The number of imidazole rings is 1. The SMILES string of the molecule is CCSc1cc(C2(C#N)CC2)cnc1-c1nc(/C=C(\N(C)C)C(F)(F)F)c(C)n1C. The van der Waals surface area contributed by atoms with Gasteiger partial charge >= 0.3 is 6.18 Å². The topological polar surface area (TPSA) is 57.7 Å². The van der Waals surface area contributed by atoms with E-state index >= 15 is 0 Å². The molecule has 0 spiro atoms. The maximum atomic E-state index is 13.4. The minimum atomic E-state index is -4.48. The Kier molecular flexibility index (Phi) is 5.92. The average molecular weight is 436 g/mol. The molecule has 1 saturated carbocycles. The number of alkyl halides is 3. The van der Waals surface area contributed by atoms with Gasteiger partial charge in [0.05, 0.1) is 17.2 Å². The Balaban J connectivity index is 2.11. The maximum absolute atomic E-state index is 13.4. The number of allylic oxidation sites excluding steroid dienone is 1. The fraction of sp³-hybridized carbons (Fsp3) is 0.476. The van der Waals surface area contributed by atoms with Crippen LogP contribution in [0.4, 0.5) is 13.2 Å². The Bertz CT molecular complexity index is 1030. The highest BCUT2D eigenvalue weighted by Crippen LogP contribution is 2.48. The molecule has 0 aromatic carbocycles. The molecule has 0 amide bonds. The van der Waals surface area contributed by atoms with Gasteiger partial charge in [-0.15, -0.1) is 11.8 Å². The molecule has 1 fully saturated rings. The van der Waals surface area contributed by atoms with Gasteiger partial charge in [0, 0.05) is 37.9 Å². The van der Waals surface area contributed by atoms with Crippen molar-refractivity contribution in [3.8, 4) is 17.6 Å². The third-order valence-electron chi connectivity index (χ3n) is 5.34. The van der Waals surface area contributed by atoms with Crippen LogP contribution in [0.25, 0.3) is 17.6 Å². The predicted molar refractivity (Wildman–Crippen MR) is 112 cm³/mol. The molecular weight excluding hydrogens is 411 g/mol.